The van der Waals surface area contributed by atoms with E-state index in [0.29, 0.717) is 11.6 Å². The van der Waals surface area contributed by atoms with Crippen molar-refractivity contribution in [3.8, 4) is 5.82 Å². The van der Waals surface area contributed by atoms with Gasteiger partial charge in [-0.3, -0.25) is 9.36 Å². The Kier molecular flexibility index (Phi) is 3.99. The zero-order valence-electron chi connectivity index (χ0n) is 12.3. The van der Waals surface area contributed by atoms with Crippen LogP contribution in [0.25, 0.3) is 5.82 Å². The summed E-state index contributed by atoms with van der Waals surface area (Å²) in [4.78, 5) is 22.7. The van der Waals surface area contributed by atoms with Crippen molar-refractivity contribution in [2.24, 2.45) is 0 Å². The lowest BCUT2D eigenvalue weighted by atomic mass is 9.94. The molecule has 0 saturated heterocycles. The Bertz CT molecular complexity index is 585. The number of amides is 1. The Morgan fingerprint density at radius 2 is 2.10 bits per heavy atom. The molecule has 0 N–H and O–H groups in total. The molecule has 0 bridgehead atoms. The molecule has 1 saturated carbocycles. The monoisotopic (exact) mass is 284 g/mol. The minimum Gasteiger partial charge on any atom is -0.339 e. The second-order valence-electron chi connectivity index (χ2n) is 5.58. The van der Waals surface area contributed by atoms with Crippen molar-refractivity contribution < 1.29 is 4.79 Å². The van der Waals surface area contributed by atoms with Crippen LogP contribution >= 0.6 is 0 Å². The third kappa shape index (κ3) is 2.96. The largest absolute Gasteiger partial charge is 0.339 e. The minimum atomic E-state index is 0.0616. The normalized spacial score (nSPS) is 15.9. The van der Waals surface area contributed by atoms with E-state index >= 15 is 0 Å². The van der Waals surface area contributed by atoms with Crippen molar-refractivity contribution in [3.05, 3.63) is 42.6 Å². The standard InChI is InChI=1S/C16H20N4O/c1-19(14-5-3-2-4-6-14)16(21)13-7-8-15(18-11-13)20-10-9-17-12-20/h7-12,14H,2-6H2,1H3. The summed E-state index contributed by atoms with van der Waals surface area (Å²) in [7, 11) is 1.90. The van der Waals surface area contributed by atoms with Crippen molar-refractivity contribution in [1.82, 2.24) is 19.4 Å². The van der Waals surface area contributed by atoms with Crippen LogP contribution in [0.3, 0.4) is 0 Å². The molecule has 1 fully saturated rings. The SMILES string of the molecule is CN(C(=O)c1ccc(-n2ccnc2)nc1)C1CCCCC1. The van der Waals surface area contributed by atoms with Gasteiger partial charge in [0.2, 0.25) is 0 Å². The number of aromatic nitrogens is 3. The fourth-order valence-corrected chi connectivity index (χ4v) is 2.90. The molecule has 0 aliphatic heterocycles. The lowest BCUT2D eigenvalue weighted by Gasteiger charge is -2.31. The van der Waals surface area contributed by atoms with E-state index in [0.717, 1.165) is 18.7 Å². The molecule has 1 aliphatic rings. The average molecular weight is 284 g/mol. The van der Waals surface area contributed by atoms with Crippen LogP contribution in [-0.4, -0.2) is 38.4 Å². The first-order chi connectivity index (χ1) is 10.3. The second kappa shape index (κ2) is 6.08. The number of carbonyl (C=O) groups excluding carboxylic acids is 1. The molecular formula is C16H20N4O. The van der Waals surface area contributed by atoms with Crippen molar-refractivity contribution in [2.75, 3.05) is 7.05 Å². The summed E-state index contributed by atoms with van der Waals surface area (Å²) in [5.41, 5.74) is 0.645. The molecule has 1 amide bonds. The van der Waals surface area contributed by atoms with Crippen LogP contribution in [0, 0.1) is 0 Å². The molecule has 2 heterocycles. The number of pyridine rings is 1. The van der Waals surface area contributed by atoms with E-state index in [9.17, 15) is 4.79 Å². The fraction of sp³-hybridized carbons (Fsp3) is 0.438. The summed E-state index contributed by atoms with van der Waals surface area (Å²) in [6.45, 7) is 0. The predicted octanol–water partition coefficient (Wildman–Crippen LogP) is 2.67. The lowest BCUT2D eigenvalue weighted by Crippen LogP contribution is -2.38. The van der Waals surface area contributed by atoms with Gasteiger partial charge in [0.15, 0.2) is 0 Å². The summed E-state index contributed by atoms with van der Waals surface area (Å²) < 4.78 is 1.82. The number of carbonyl (C=O) groups is 1. The van der Waals surface area contributed by atoms with Gasteiger partial charge in [-0.1, -0.05) is 19.3 Å². The lowest BCUT2D eigenvalue weighted by molar-refractivity contribution is 0.0696. The topological polar surface area (TPSA) is 51.0 Å². The van der Waals surface area contributed by atoms with Crippen LogP contribution in [-0.2, 0) is 0 Å². The molecule has 21 heavy (non-hydrogen) atoms. The highest BCUT2D eigenvalue weighted by atomic mass is 16.2. The fourth-order valence-electron chi connectivity index (χ4n) is 2.90. The highest BCUT2D eigenvalue weighted by Crippen LogP contribution is 2.22. The summed E-state index contributed by atoms with van der Waals surface area (Å²) in [5.74, 6) is 0.830. The van der Waals surface area contributed by atoms with Crippen LogP contribution in [0.2, 0.25) is 0 Å². The highest BCUT2D eigenvalue weighted by molar-refractivity contribution is 5.94. The van der Waals surface area contributed by atoms with Gasteiger partial charge in [0.05, 0.1) is 5.56 Å². The molecule has 3 rings (SSSR count). The smallest absolute Gasteiger partial charge is 0.255 e. The maximum absolute atomic E-state index is 12.5. The summed E-state index contributed by atoms with van der Waals surface area (Å²) in [6, 6.07) is 4.06. The first kappa shape index (κ1) is 13.8. The number of imidazole rings is 1. The first-order valence-electron chi connectivity index (χ1n) is 7.47. The van der Waals surface area contributed by atoms with Crippen molar-refractivity contribution in [2.45, 2.75) is 38.1 Å². The summed E-state index contributed by atoms with van der Waals surface area (Å²) in [6.07, 6.45) is 12.8. The first-order valence-corrected chi connectivity index (χ1v) is 7.47. The third-order valence-electron chi connectivity index (χ3n) is 4.21. The van der Waals surface area contributed by atoms with Crippen molar-refractivity contribution in [1.29, 1.82) is 0 Å². The van der Waals surface area contributed by atoms with E-state index in [4.69, 9.17) is 0 Å². The van der Waals surface area contributed by atoms with Gasteiger partial charge in [-0.15, -0.1) is 0 Å². The maximum Gasteiger partial charge on any atom is 0.255 e. The van der Waals surface area contributed by atoms with E-state index in [1.807, 2.05) is 34.8 Å². The number of rotatable bonds is 3. The van der Waals surface area contributed by atoms with Crippen molar-refractivity contribution in [3.63, 3.8) is 0 Å². The molecule has 5 nitrogen and oxygen atoms in total. The Labute approximate surface area is 124 Å². The number of nitrogens with zero attached hydrogens (tertiary/aromatic N) is 4. The molecular weight excluding hydrogens is 264 g/mol. The van der Waals surface area contributed by atoms with Crippen LogP contribution in [0.4, 0.5) is 0 Å². The Balaban J connectivity index is 1.72. The predicted molar refractivity (Wildman–Crippen MR) is 80.3 cm³/mol. The zero-order chi connectivity index (χ0) is 14.7. The average Bonchev–Trinajstić information content (AvgIpc) is 3.09. The Morgan fingerprint density at radius 3 is 2.71 bits per heavy atom. The summed E-state index contributed by atoms with van der Waals surface area (Å²) in [5, 5.41) is 0. The number of hydrogen-bond acceptors (Lipinski definition) is 3. The highest BCUT2D eigenvalue weighted by Gasteiger charge is 2.23. The molecule has 110 valence electrons. The molecule has 2 aromatic rings. The summed E-state index contributed by atoms with van der Waals surface area (Å²) >= 11 is 0. The molecule has 0 atom stereocenters. The molecule has 0 aromatic carbocycles. The van der Waals surface area contributed by atoms with E-state index in [1.165, 1.54) is 19.3 Å². The molecule has 2 aromatic heterocycles. The van der Waals surface area contributed by atoms with Gasteiger partial charge in [0.1, 0.15) is 12.1 Å². The van der Waals surface area contributed by atoms with Gasteiger partial charge < -0.3 is 4.90 Å². The second-order valence-corrected chi connectivity index (χ2v) is 5.58. The Morgan fingerprint density at radius 1 is 1.29 bits per heavy atom. The van der Waals surface area contributed by atoms with E-state index < -0.39 is 0 Å². The molecule has 0 spiro atoms. The minimum absolute atomic E-state index is 0.0616. The van der Waals surface area contributed by atoms with Crippen LogP contribution < -0.4 is 0 Å². The Hall–Kier alpha value is -2.17. The van der Waals surface area contributed by atoms with Gasteiger partial charge in [0, 0.05) is 31.7 Å². The van der Waals surface area contributed by atoms with E-state index in [-0.39, 0.29) is 5.91 Å². The van der Waals surface area contributed by atoms with Gasteiger partial charge in [0.25, 0.3) is 5.91 Å². The van der Waals surface area contributed by atoms with E-state index in [1.54, 1.807) is 18.7 Å². The van der Waals surface area contributed by atoms with Crippen LogP contribution in [0.5, 0.6) is 0 Å². The third-order valence-corrected chi connectivity index (χ3v) is 4.21. The van der Waals surface area contributed by atoms with E-state index in [2.05, 4.69) is 9.97 Å². The number of hydrogen-bond donors (Lipinski definition) is 0. The van der Waals surface area contributed by atoms with Crippen molar-refractivity contribution >= 4 is 5.91 Å². The van der Waals surface area contributed by atoms with Gasteiger partial charge >= 0.3 is 0 Å². The van der Waals surface area contributed by atoms with Crippen LogP contribution in [0.15, 0.2) is 37.1 Å². The van der Waals surface area contributed by atoms with Crippen LogP contribution in [0.1, 0.15) is 42.5 Å². The molecule has 0 unspecified atom stereocenters. The molecule has 0 radical (unpaired) electrons. The van der Waals surface area contributed by atoms with Gasteiger partial charge in [-0.25, -0.2) is 9.97 Å². The maximum atomic E-state index is 12.5. The van der Waals surface area contributed by atoms with Gasteiger partial charge in [-0.2, -0.15) is 0 Å². The molecule has 5 heteroatoms. The quantitative estimate of drug-likeness (QED) is 0.870. The molecule has 1 aliphatic carbocycles. The van der Waals surface area contributed by atoms with Gasteiger partial charge in [-0.05, 0) is 25.0 Å². The zero-order valence-corrected chi connectivity index (χ0v) is 12.3.